The minimum atomic E-state index is 0.0650. The number of amides is 1. The third kappa shape index (κ3) is 4.14. The molecule has 142 valence electrons. The van der Waals surface area contributed by atoms with Crippen molar-refractivity contribution in [2.24, 2.45) is 0 Å². The Balaban J connectivity index is 1.49. The van der Waals surface area contributed by atoms with Crippen LogP contribution < -0.4 is 10.1 Å². The van der Waals surface area contributed by atoms with Gasteiger partial charge in [0.1, 0.15) is 17.7 Å². The summed E-state index contributed by atoms with van der Waals surface area (Å²) in [6.45, 7) is 3.78. The predicted molar refractivity (Wildman–Crippen MR) is 110 cm³/mol. The molecule has 2 aliphatic heterocycles. The number of nitrogens with zero attached hydrogens (tertiary/aromatic N) is 1. The number of hydrogen-bond acceptors (Lipinski definition) is 4. The summed E-state index contributed by atoms with van der Waals surface area (Å²) in [4.78, 5) is 14.7. The molecule has 3 atom stereocenters. The lowest BCUT2D eigenvalue weighted by Crippen LogP contribution is -2.47. The van der Waals surface area contributed by atoms with Gasteiger partial charge in [-0.3, -0.25) is 4.79 Å². The van der Waals surface area contributed by atoms with E-state index in [0.29, 0.717) is 18.4 Å². The van der Waals surface area contributed by atoms with Gasteiger partial charge in [0.2, 0.25) is 5.91 Å². The molecule has 0 spiro atoms. The van der Waals surface area contributed by atoms with E-state index in [0.717, 1.165) is 29.8 Å². The van der Waals surface area contributed by atoms with Crippen molar-refractivity contribution in [2.75, 3.05) is 12.3 Å². The Morgan fingerprint density at radius 1 is 1.22 bits per heavy atom. The van der Waals surface area contributed by atoms with Crippen molar-refractivity contribution in [3.05, 3.63) is 65.7 Å². The van der Waals surface area contributed by atoms with Crippen LogP contribution in [0.15, 0.2) is 54.6 Å². The standard InChI is InChI=1S/C22H26N2O2S/c1-16(20-11-6-12-23-20)24-21(25)15-27-22(24)18-9-5-10-19(13-18)26-14-17-7-3-2-4-8-17/h2-5,7-10,13,16,20,22-23H,6,11-12,14-15H2,1H3. The summed E-state index contributed by atoms with van der Waals surface area (Å²) in [7, 11) is 0. The van der Waals surface area contributed by atoms with E-state index in [-0.39, 0.29) is 17.3 Å². The fourth-order valence-electron chi connectivity index (χ4n) is 3.95. The van der Waals surface area contributed by atoms with Crippen molar-refractivity contribution < 1.29 is 9.53 Å². The highest BCUT2D eigenvalue weighted by Crippen LogP contribution is 2.41. The number of rotatable bonds is 6. The molecule has 0 saturated carbocycles. The maximum atomic E-state index is 12.6. The number of benzene rings is 2. The van der Waals surface area contributed by atoms with E-state index >= 15 is 0 Å². The van der Waals surface area contributed by atoms with E-state index in [1.54, 1.807) is 11.8 Å². The first kappa shape index (κ1) is 18.4. The van der Waals surface area contributed by atoms with Gasteiger partial charge in [0.05, 0.1) is 5.75 Å². The molecular weight excluding hydrogens is 356 g/mol. The number of carbonyl (C=O) groups is 1. The van der Waals surface area contributed by atoms with Crippen molar-refractivity contribution in [3.63, 3.8) is 0 Å². The van der Waals surface area contributed by atoms with E-state index in [2.05, 4.69) is 41.4 Å². The average Bonchev–Trinajstić information content (AvgIpc) is 3.37. The van der Waals surface area contributed by atoms with Gasteiger partial charge in [-0.05, 0) is 49.6 Å². The molecule has 2 aromatic rings. The predicted octanol–water partition coefficient (Wildman–Crippen LogP) is 3.98. The lowest BCUT2D eigenvalue weighted by Gasteiger charge is -2.34. The maximum absolute atomic E-state index is 12.6. The lowest BCUT2D eigenvalue weighted by molar-refractivity contribution is -0.130. The molecule has 1 amide bonds. The zero-order valence-electron chi connectivity index (χ0n) is 15.6. The summed E-state index contributed by atoms with van der Waals surface area (Å²) in [5.74, 6) is 1.64. The van der Waals surface area contributed by atoms with Gasteiger partial charge in [-0.2, -0.15) is 0 Å². The summed E-state index contributed by atoms with van der Waals surface area (Å²) in [6, 6.07) is 19.0. The quantitative estimate of drug-likeness (QED) is 0.821. The average molecular weight is 383 g/mol. The normalized spacial score (nSPS) is 23.6. The topological polar surface area (TPSA) is 41.6 Å². The Hall–Kier alpha value is -1.98. The zero-order chi connectivity index (χ0) is 18.6. The largest absolute Gasteiger partial charge is 0.489 e. The van der Waals surface area contributed by atoms with Crippen LogP contribution in [0.5, 0.6) is 5.75 Å². The van der Waals surface area contributed by atoms with E-state index in [1.807, 2.05) is 30.3 Å². The van der Waals surface area contributed by atoms with E-state index in [4.69, 9.17) is 4.74 Å². The molecule has 2 aromatic carbocycles. The molecule has 2 heterocycles. The second-order valence-corrected chi connectivity index (χ2v) is 8.32. The highest BCUT2D eigenvalue weighted by atomic mass is 32.2. The van der Waals surface area contributed by atoms with E-state index in [9.17, 15) is 4.79 Å². The van der Waals surface area contributed by atoms with Gasteiger partial charge < -0.3 is 15.0 Å². The number of carbonyl (C=O) groups excluding carboxylic acids is 1. The molecule has 2 aliphatic rings. The number of thioether (sulfide) groups is 1. The van der Waals surface area contributed by atoms with Crippen LogP contribution in [0, 0.1) is 0 Å². The van der Waals surface area contributed by atoms with Crippen molar-refractivity contribution in [1.29, 1.82) is 0 Å². The van der Waals surface area contributed by atoms with Gasteiger partial charge >= 0.3 is 0 Å². The SMILES string of the molecule is CC(C1CCCN1)N1C(=O)CSC1c1cccc(OCc2ccccc2)c1. The van der Waals surface area contributed by atoms with Gasteiger partial charge in [0, 0.05) is 12.1 Å². The molecule has 0 radical (unpaired) electrons. The van der Waals surface area contributed by atoms with Crippen LogP contribution in [-0.4, -0.2) is 35.2 Å². The van der Waals surface area contributed by atoms with Crippen LogP contribution in [0.3, 0.4) is 0 Å². The summed E-state index contributed by atoms with van der Waals surface area (Å²) in [6.07, 6.45) is 2.33. The summed E-state index contributed by atoms with van der Waals surface area (Å²) in [5, 5.41) is 3.61. The van der Waals surface area contributed by atoms with E-state index < -0.39 is 0 Å². The van der Waals surface area contributed by atoms with Gasteiger partial charge in [-0.15, -0.1) is 11.8 Å². The van der Waals surface area contributed by atoms with Crippen molar-refractivity contribution >= 4 is 17.7 Å². The first-order valence-corrected chi connectivity index (χ1v) is 10.7. The molecule has 2 fully saturated rings. The highest BCUT2D eigenvalue weighted by molar-refractivity contribution is 8.00. The Bertz CT molecular complexity index is 777. The van der Waals surface area contributed by atoms with Crippen LogP contribution in [0.25, 0.3) is 0 Å². The van der Waals surface area contributed by atoms with Crippen molar-refractivity contribution in [1.82, 2.24) is 10.2 Å². The monoisotopic (exact) mass is 382 g/mol. The Labute approximate surface area is 165 Å². The molecule has 2 saturated heterocycles. The van der Waals surface area contributed by atoms with Crippen molar-refractivity contribution in [2.45, 2.75) is 43.8 Å². The molecule has 0 bridgehead atoms. The first-order valence-electron chi connectivity index (χ1n) is 9.65. The van der Waals surface area contributed by atoms with Crippen LogP contribution in [0.1, 0.15) is 36.3 Å². The second kappa shape index (κ2) is 8.36. The fraction of sp³-hybridized carbons (Fsp3) is 0.409. The lowest BCUT2D eigenvalue weighted by atomic mass is 10.1. The van der Waals surface area contributed by atoms with Gasteiger partial charge in [-0.1, -0.05) is 42.5 Å². The molecule has 0 aromatic heterocycles. The molecule has 27 heavy (non-hydrogen) atoms. The number of hydrogen-bond donors (Lipinski definition) is 1. The summed E-state index contributed by atoms with van der Waals surface area (Å²) < 4.78 is 5.99. The second-order valence-electron chi connectivity index (χ2n) is 7.25. The minimum Gasteiger partial charge on any atom is -0.489 e. The van der Waals surface area contributed by atoms with Crippen LogP contribution in [0.2, 0.25) is 0 Å². The molecule has 1 N–H and O–H groups in total. The highest BCUT2D eigenvalue weighted by Gasteiger charge is 2.39. The first-order chi connectivity index (χ1) is 13.2. The van der Waals surface area contributed by atoms with Gasteiger partial charge in [0.25, 0.3) is 0 Å². The summed E-state index contributed by atoms with van der Waals surface area (Å²) in [5.41, 5.74) is 2.29. The van der Waals surface area contributed by atoms with E-state index in [1.165, 1.54) is 6.42 Å². The van der Waals surface area contributed by atoms with Gasteiger partial charge in [-0.25, -0.2) is 0 Å². The van der Waals surface area contributed by atoms with Crippen molar-refractivity contribution in [3.8, 4) is 5.75 Å². The van der Waals surface area contributed by atoms with Crippen LogP contribution in [0.4, 0.5) is 0 Å². The molecular formula is C22H26N2O2S. The molecule has 5 heteroatoms. The Kier molecular flexibility index (Phi) is 5.69. The number of nitrogens with one attached hydrogen (secondary N) is 1. The fourth-order valence-corrected chi connectivity index (χ4v) is 5.21. The molecule has 3 unspecified atom stereocenters. The Morgan fingerprint density at radius 2 is 2.07 bits per heavy atom. The molecule has 4 rings (SSSR count). The van der Waals surface area contributed by atoms with Crippen LogP contribution >= 0.6 is 11.8 Å². The third-order valence-corrected chi connectivity index (χ3v) is 6.65. The smallest absolute Gasteiger partial charge is 0.234 e. The molecule has 4 nitrogen and oxygen atoms in total. The van der Waals surface area contributed by atoms with Crippen LogP contribution in [-0.2, 0) is 11.4 Å². The minimum absolute atomic E-state index is 0.0650. The Morgan fingerprint density at radius 3 is 2.85 bits per heavy atom. The number of ether oxygens (including phenoxy) is 1. The zero-order valence-corrected chi connectivity index (χ0v) is 16.5. The maximum Gasteiger partial charge on any atom is 0.234 e. The van der Waals surface area contributed by atoms with Gasteiger partial charge in [0.15, 0.2) is 0 Å². The summed E-state index contributed by atoms with van der Waals surface area (Å²) >= 11 is 1.72. The molecule has 0 aliphatic carbocycles. The third-order valence-electron chi connectivity index (χ3n) is 5.42.